The first-order valence-electron chi connectivity index (χ1n) is 9.26. The Hall–Kier alpha value is -3.88. The standard InChI is InChI=1S/C21H20N4O5/c1-12-8-17(24-30-12)22-18(26)11-25-19(27)21(2,23-20(25)28)15-6-4-14-10-16(29-3)7-5-13(14)9-15/h4-10H,11H2,1-3H3,(H,23,28)(H,22,24,26)/t21-/m0/s1. The van der Waals surface area contributed by atoms with E-state index in [9.17, 15) is 14.4 Å². The number of imide groups is 1. The molecule has 0 saturated carbocycles. The molecule has 1 saturated heterocycles. The molecule has 4 amide bonds. The largest absolute Gasteiger partial charge is 0.497 e. The second kappa shape index (κ2) is 7.18. The molecule has 154 valence electrons. The minimum absolute atomic E-state index is 0.220. The quantitative estimate of drug-likeness (QED) is 0.627. The van der Waals surface area contributed by atoms with Crippen molar-refractivity contribution in [2.75, 3.05) is 19.0 Å². The van der Waals surface area contributed by atoms with Crippen LogP contribution in [0.3, 0.4) is 0 Å². The van der Waals surface area contributed by atoms with E-state index in [4.69, 9.17) is 9.26 Å². The van der Waals surface area contributed by atoms with Crippen LogP contribution in [0, 0.1) is 6.92 Å². The summed E-state index contributed by atoms with van der Waals surface area (Å²) in [5.74, 6) is 0.416. The molecule has 1 aliphatic heterocycles. The van der Waals surface area contributed by atoms with Crippen molar-refractivity contribution < 1.29 is 23.6 Å². The second-order valence-electron chi connectivity index (χ2n) is 7.25. The predicted octanol–water partition coefficient (Wildman–Crippen LogP) is 2.55. The van der Waals surface area contributed by atoms with Crippen molar-refractivity contribution in [2.45, 2.75) is 19.4 Å². The summed E-state index contributed by atoms with van der Waals surface area (Å²) in [6.45, 7) is 2.87. The number of fused-ring (bicyclic) bond motifs is 1. The molecule has 0 spiro atoms. The SMILES string of the molecule is COc1ccc2cc([C@]3(C)NC(=O)N(CC(=O)Nc4cc(C)on4)C3=O)ccc2c1. The van der Waals surface area contributed by atoms with Crippen LogP contribution in [0.15, 0.2) is 47.0 Å². The number of ether oxygens (including phenoxy) is 1. The molecule has 30 heavy (non-hydrogen) atoms. The Morgan fingerprint density at radius 2 is 1.93 bits per heavy atom. The summed E-state index contributed by atoms with van der Waals surface area (Å²) in [7, 11) is 1.60. The van der Waals surface area contributed by atoms with E-state index in [1.54, 1.807) is 27.0 Å². The Balaban J connectivity index is 1.56. The van der Waals surface area contributed by atoms with Crippen molar-refractivity contribution in [3.05, 3.63) is 53.8 Å². The number of nitrogens with zero attached hydrogens (tertiary/aromatic N) is 2. The Morgan fingerprint density at radius 3 is 2.63 bits per heavy atom. The number of rotatable bonds is 5. The molecule has 3 aromatic rings. The van der Waals surface area contributed by atoms with E-state index in [0.29, 0.717) is 11.3 Å². The van der Waals surface area contributed by atoms with E-state index in [2.05, 4.69) is 15.8 Å². The lowest BCUT2D eigenvalue weighted by molar-refractivity contribution is -0.133. The number of benzene rings is 2. The fourth-order valence-electron chi connectivity index (χ4n) is 3.45. The summed E-state index contributed by atoms with van der Waals surface area (Å²) in [5, 5.41) is 10.7. The number of carbonyl (C=O) groups is 3. The number of nitrogens with one attached hydrogen (secondary N) is 2. The fraction of sp³-hybridized carbons (Fsp3) is 0.238. The van der Waals surface area contributed by atoms with E-state index < -0.39 is 29.9 Å². The van der Waals surface area contributed by atoms with Gasteiger partial charge < -0.3 is 19.9 Å². The summed E-state index contributed by atoms with van der Waals surface area (Å²) in [5.41, 5.74) is -0.663. The molecule has 2 heterocycles. The Kier molecular flexibility index (Phi) is 4.65. The molecule has 1 aliphatic rings. The maximum atomic E-state index is 13.1. The first kappa shape index (κ1) is 19.4. The summed E-state index contributed by atoms with van der Waals surface area (Å²) >= 11 is 0. The van der Waals surface area contributed by atoms with Gasteiger partial charge in [0.1, 0.15) is 23.6 Å². The zero-order valence-corrected chi connectivity index (χ0v) is 16.7. The number of hydrogen-bond donors (Lipinski definition) is 2. The highest BCUT2D eigenvalue weighted by Crippen LogP contribution is 2.32. The lowest BCUT2D eigenvalue weighted by Gasteiger charge is -2.22. The Labute approximate surface area is 172 Å². The molecule has 4 rings (SSSR count). The second-order valence-corrected chi connectivity index (χ2v) is 7.25. The van der Waals surface area contributed by atoms with Crippen LogP contribution in [-0.2, 0) is 15.1 Å². The van der Waals surface area contributed by atoms with Gasteiger partial charge in [-0.15, -0.1) is 0 Å². The third-order valence-electron chi connectivity index (χ3n) is 5.10. The molecule has 0 radical (unpaired) electrons. The maximum absolute atomic E-state index is 13.1. The van der Waals surface area contributed by atoms with Gasteiger partial charge in [0.15, 0.2) is 5.82 Å². The van der Waals surface area contributed by atoms with Crippen LogP contribution in [-0.4, -0.2) is 41.6 Å². The number of hydrogen-bond acceptors (Lipinski definition) is 6. The molecule has 0 unspecified atom stereocenters. The van der Waals surface area contributed by atoms with Crippen molar-refractivity contribution in [3.63, 3.8) is 0 Å². The number of urea groups is 1. The Morgan fingerprint density at radius 1 is 1.20 bits per heavy atom. The van der Waals surface area contributed by atoms with Crippen LogP contribution >= 0.6 is 0 Å². The summed E-state index contributed by atoms with van der Waals surface area (Å²) in [6.07, 6.45) is 0. The van der Waals surface area contributed by atoms with Crippen LogP contribution in [0.5, 0.6) is 5.75 Å². The van der Waals surface area contributed by atoms with E-state index in [0.717, 1.165) is 21.4 Å². The van der Waals surface area contributed by atoms with Crippen LogP contribution < -0.4 is 15.4 Å². The molecule has 1 aromatic heterocycles. The maximum Gasteiger partial charge on any atom is 0.325 e. The number of carbonyl (C=O) groups excluding carboxylic acids is 3. The van der Waals surface area contributed by atoms with Gasteiger partial charge in [-0.05, 0) is 48.4 Å². The highest BCUT2D eigenvalue weighted by molar-refractivity contribution is 6.10. The minimum atomic E-state index is -1.28. The molecule has 1 fully saturated rings. The number of methoxy groups -OCH3 is 1. The third-order valence-corrected chi connectivity index (χ3v) is 5.10. The van der Waals surface area contributed by atoms with Gasteiger partial charge in [-0.1, -0.05) is 23.4 Å². The van der Waals surface area contributed by atoms with Gasteiger partial charge in [-0.2, -0.15) is 0 Å². The first-order chi connectivity index (χ1) is 14.3. The summed E-state index contributed by atoms with van der Waals surface area (Å²) < 4.78 is 10.1. The van der Waals surface area contributed by atoms with Crippen molar-refractivity contribution in [3.8, 4) is 5.75 Å². The highest BCUT2D eigenvalue weighted by Gasteiger charge is 2.49. The lowest BCUT2D eigenvalue weighted by atomic mass is 9.90. The topological polar surface area (TPSA) is 114 Å². The zero-order valence-electron chi connectivity index (χ0n) is 16.7. The molecule has 2 aromatic carbocycles. The molecule has 0 aliphatic carbocycles. The zero-order chi connectivity index (χ0) is 21.5. The van der Waals surface area contributed by atoms with Crippen LogP contribution in [0.1, 0.15) is 18.2 Å². The van der Waals surface area contributed by atoms with Crippen molar-refractivity contribution >= 4 is 34.4 Å². The van der Waals surface area contributed by atoms with Crippen molar-refractivity contribution in [1.82, 2.24) is 15.4 Å². The third kappa shape index (κ3) is 3.34. The fourth-order valence-corrected chi connectivity index (χ4v) is 3.45. The van der Waals surface area contributed by atoms with Crippen LogP contribution in [0.2, 0.25) is 0 Å². The van der Waals surface area contributed by atoms with E-state index in [1.165, 1.54) is 6.07 Å². The Bertz CT molecular complexity index is 1170. The molecular formula is C21H20N4O5. The smallest absolute Gasteiger partial charge is 0.325 e. The van der Waals surface area contributed by atoms with Gasteiger partial charge in [0.2, 0.25) is 5.91 Å². The normalized spacial score (nSPS) is 18.6. The van der Waals surface area contributed by atoms with Gasteiger partial charge >= 0.3 is 6.03 Å². The van der Waals surface area contributed by atoms with E-state index >= 15 is 0 Å². The average Bonchev–Trinajstić information content (AvgIpc) is 3.23. The summed E-state index contributed by atoms with van der Waals surface area (Å²) in [6, 6.07) is 12.0. The average molecular weight is 408 g/mol. The van der Waals surface area contributed by atoms with Gasteiger partial charge in [-0.25, -0.2) is 4.79 Å². The highest BCUT2D eigenvalue weighted by atomic mass is 16.5. The van der Waals surface area contributed by atoms with Gasteiger partial charge in [0.25, 0.3) is 5.91 Å². The van der Waals surface area contributed by atoms with Crippen LogP contribution in [0.4, 0.5) is 10.6 Å². The molecule has 9 nitrogen and oxygen atoms in total. The van der Waals surface area contributed by atoms with Crippen LogP contribution in [0.25, 0.3) is 10.8 Å². The van der Waals surface area contributed by atoms with E-state index in [1.807, 2.05) is 30.3 Å². The van der Waals surface area contributed by atoms with Gasteiger partial charge in [-0.3, -0.25) is 14.5 Å². The molecular weight excluding hydrogens is 388 g/mol. The molecule has 1 atom stereocenters. The molecule has 2 N–H and O–H groups in total. The van der Waals surface area contributed by atoms with Crippen molar-refractivity contribution in [2.24, 2.45) is 0 Å². The number of amides is 4. The number of aromatic nitrogens is 1. The lowest BCUT2D eigenvalue weighted by Crippen LogP contribution is -2.42. The number of anilines is 1. The van der Waals surface area contributed by atoms with Gasteiger partial charge in [0.05, 0.1) is 7.11 Å². The summed E-state index contributed by atoms with van der Waals surface area (Å²) in [4.78, 5) is 38.7. The van der Waals surface area contributed by atoms with Gasteiger partial charge in [0, 0.05) is 6.07 Å². The molecule has 9 heteroatoms. The van der Waals surface area contributed by atoms with Crippen molar-refractivity contribution in [1.29, 1.82) is 0 Å². The molecule has 0 bridgehead atoms. The van der Waals surface area contributed by atoms with E-state index in [-0.39, 0.29) is 5.82 Å². The minimum Gasteiger partial charge on any atom is -0.497 e. The number of aryl methyl sites for hydroxylation is 1. The first-order valence-corrected chi connectivity index (χ1v) is 9.26. The monoisotopic (exact) mass is 408 g/mol. The predicted molar refractivity (Wildman–Crippen MR) is 108 cm³/mol.